The van der Waals surface area contributed by atoms with E-state index in [1.807, 2.05) is 11.8 Å². The smallest absolute Gasteiger partial charge is 0.414 e. The average molecular weight is 432 g/mol. The van der Waals surface area contributed by atoms with Gasteiger partial charge in [-0.25, -0.2) is 4.79 Å². The predicted octanol–water partition coefficient (Wildman–Crippen LogP) is 6.92. The summed E-state index contributed by atoms with van der Waals surface area (Å²) in [6.07, 6.45) is 7.90. The zero-order valence-corrected chi connectivity index (χ0v) is 20.3. The molecule has 1 aromatic carbocycles. The number of carbonyl (C=O) groups excluding carboxylic acids is 1. The van der Waals surface area contributed by atoms with Crippen LogP contribution in [0.3, 0.4) is 0 Å². The number of ether oxygens (including phenoxy) is 2. The van der Waals surface area contributed by atoms with Crippen molar-refractivity contribution in [2.45, 2.75) is 78.2 Å². The van der Waals surface area contributed by atoms with Crippen molar-refractivity contribution < 1.29 is 14.3 Å². The molecule has 0 N–H and O–H groups in total. The number of aryl methyl sites for hydroxylation is 1. The number of allylic oxidation sites excluding steroid dienone is 1. The van der Waals surface area contributed by atoms with Gasteiger partial charge in [0, 0.05) is 24.8 Å². The summed E-state index contributed by atoms with van der Waals surface area (Å²) in [5, 5.41) is 0. The van der Waals surface area contributed by atoms with E-state index in [1.54, 1.807) is 14.1 Å². The number of carbonyl (C=O) groups is 1. The fourth-order valence-electron chi connectivity index (χ4n) is 4.29. The topological polar surface area (TPSA) is 38.8 Å². The van der Waals surface area contributed by atoms with Crippen LogP contribution in [0.5, 0.6) is 11.5 Å². The van der Waals surface area contributed by atoms with Gasteiger partial charge in [0.2, 0.25) is 0 Å². The molecule has 0 bridgehead atoms. The molecule has 1 atom stereocenters. The molecule has 2 aliphatic rings. The third-order valence-electron chi connectivity index (χ3n) is 6.00. The van der Waals surface area contributed by atoms with Crippen LogP contribution in [0.15, 0.2) is 17.0 Å². The Hall–Kier alpha value is -1.62. The standard InChI is InChI=1S/C25H37NO3S/c1-7-8-9-10-17(2)11-12-18-15-20(28-24(27)26(5)6)22-19-13-14-30-23(19)25(3,4)29-21(22)16-18/h15-17H,7-14H2,1-6H3. The Balaban J connectivity index is 1.89. The molecule has 0 saturated carbocycles. The van der Waals surface area contributed by atoms with Crippen LogP contribution in [0, 0.1) is 5.92 Å². The molecular weight excluding hydrogens is 394 g/mol. The third kappa shape index (κ3) is 5.16. The van der Waals surface area contributed by atoms with E-state index >= 15 is 0 Å². The van der Waals surface area contributed by atoms with Crippen molar-refractivity contribution in [3.05, 3.63) is 28.2 Å². The molecule has 0 spiro atoms. The molecule has 0 aliphatic carbocycles. The lowest BCUT2D eigenvalue weighted by Gasteiger charge is -2.35. The van der Waals surface area contributed by atoms with Gasteiger partial charge >= 0.3 is 6.09 Å². The Morgan fingerprint density at radius 3 is 2.73 bits per heavy atom. The zero-order chi connectivity index (χ0) is 21.9. The first-order chi connectivity index (χ1) is 14.2. The fraction of sp³-hybridized carbons (Fsp3) is 0.640. The van der Waals surface area contributed by atoms with Crippen LogP contribution in [0.4, 0.5) is 4.79 Å². The van der Waals surface area contributed by atoms with E-state index in [4.69, 9.17) is 9.47 Å². The molecule has 30 heavy (non-hydrogen) atoms. The van der Waals surface area contributed by atoms with E-state index < -0.39 is 0 Å². The summed E-state index contributed by atoms with van der Waals surface area (Å²) < 4.78 is 12.3. The van der Waals surface area contributed by atoms with Gasteiger partial charge in [0.05, 0.1) is 5.56 Å². The first-order valence-electron chi connectivity index (χ1n) is 11.3. The third-order valence-corrected chi connectivity index (χ3v) is 7.44. The van der Waals surface area contributed by atoms with Crippen molar-refractivity contribution in [3.8, 4) is 11.5 Å². The number of thioether (sulfide) groups is 1. The molecule has 0 fully saturated rings. The molecule has 3 rings (SSSR count). The second-order valence-corrected chi connectivity index (χ2v) is 10.5. The number of nitrogens with zero attached hydrogens (tertiary/aromatic N) is 1. The van der Waals surface area contributed by atoms with Crippen molar-refractivity contribution in [1.29, 1.82) is 0 Å². The first-order valence-corrected chi connectivity index (χ1v) is 12.3. The maximum atomic E-state index is 12.4. The van der Waals surface area contributed by atoms with E-state index in [2.05, 4.69) is 39.8 Å². The Morgan fingerprint density at radius 2 is 2.03 bits per heavy atom. The van der Waals surface area contributed by atoms with Gasteiger partial charge in [0.1, 0.15) is 17.1 Å². The van der Waals surface area contributed by atoms with E-state index in [1.165, 1.54) is 46.6 Å². The molecule has 1 aromatic rings. The van der Waals surface area contributed by atoms with E-state index in [0.717, 1.165) is 36.3 Å². The minimum atomic E-state index is -0.347. The van der Waals surface area contributed by atoms with Gasteiger partial charge in [-0.2, -0.15) is 0 Å². The van der Waals surface area contributed by atoms with Crippen molar-refractivity contribution in [2.75, 3.05) is 19.8 Å². The summed E-state index contributed by atoms with van der Waals surface area (Å²) in [6.45, 7) is 8.86. The van der Waals surface area contributed by atoms with Crippen LogP contribution in [-0.4, -0.2) is 36.4 Å². The molecule has 0 radical (unpaired) electrons. The monoisotopic (exact) mass is 431 g/mol. The number of rotatable bonds is 8. The minimum Gasteiger partial charge on any atom is -0.482 e. The normalized spacial score (nSPS) is 17.8. The summed E-state index contributed by atoms with van der Waals surface area (Å²) in [7, 11) is 3.43. The number of unbranched alkanes of at least 4 members (excludes halogenated alkanes) is 2. The van der Waals surface area contributed by atoms with Gasteiger partial charge < -0.3 is 14.4 Å². The van der Waals surface area contributed by atoms with Gasteiger partial charge in [-0.15, -0.1) is 11.8 Å². The van der Waals surface area contributed by atoms with Gasteiger partial charge in [0.25, 0.3) is 0 Å². The van der Waals surface area contributed by atoms with Gasteiger partial charge in [0.15, 0.2) is 0 Å². The number of benzene rings is 1. The highest BCUT2D eigenvalue weighted by Gasteiger charge is 2.39. The van der Waals surface area contributed by atoms with Crippen LogP contribution >= 0.6 is 11.8 Å². The van der Waals surface area contributed by atoms with E-state index in [0.29, 0.717) is 11.7 Å². The molecule has 166 valence electrons. The Kier molecular flexibility index (Phi) is 7.43. The van der Waals surface area contributed by atoms with Crippen LogP contribution in [0.1, 0.15) is 77.3 Å². The van der Waals surface area contributed by atoms with Crippen molar-refractivity contribution in [2.24, 2.45) is 5.92 Å². The summed E-state index contributed by atoms with van der Waals surface area (Å²) in [4.78, 5) is 15.1. The molecular formula is C25H37NO3S. The number of amides is 1. The summed E-state index contributed by atoms with van der Waals surface area (Å²) in [5.41, 5.74) is 3.11. The maximum Gasteiger partial charge on any atom is 0.414 e. The Morgan fingerprint density at radius 1 is 1.27 bits per heavy atom. The number of hydrogen-bond donors (Lipinski definition) is 0. The molecule has 2 heterocycles. The second-order valence-electron chi connectivity index (χ2n) is 9.39. The highest BCUT2D eigenvalue weighted by Crippen LogP contribution is 2.54. The van der Waals surface area contributed by atoms with Gasteiger partial charge in [-0.05, 0) is 62.3 Å². The average Bonchev–Trinajstić information content (AvgIpc) is 3.17. The predicted molar refractivity (Wildman–Crippen MR) is 126 cm³/mol. The highest BCUT2D eigenvalue weighted by molar-refractivity contribution is 8.03. The van der Waals surface area contributed by atoms with Crippen molar-refractivity contribution >= 4 is 23.4 Å². The lowest BCUT2D eigenvalue weighted by atomic mass is 9.90. The maximum absolute atomic E-state index is 12.4. The minimum absolute atomic E-state index is 0.335. The summed E-state index contributed by atoms with van der Waals surface area (Å²) in [6, 6.07) is 4.24. The lowest BCUT2D eigenvalue weighted by molar-refractivity contribution is 0.151. The van der Waals surface area contributed by atoms with E-state index in [9.17, 15) is 4.79 Å². The van der Waals surface area contributed by atoms with Crippen LogP contribution in [0.25, 0.3) is 5.57 Å². The summed E-state index contributed by atoms with van der Waals surface area (Å²) >= 11 is 1.86. The quantitative estimate of drug-likeness (QED) is 0.419. The SMILES string of the molecule is CCCCCC(C)CCc1cc(OC(=O)N(C)C)c2c(c1)OC(C)(C)C1=C2CCS1. The lowest BCUT2D eigenvalue weighted by Crippen LogP contribution is -2.33. The number of hydrogen-bond acceptors (Lipinski definition) is 4. The molecule has 1 unspecified atom stereocenters. The van der Waals surface area contributed by atoms with Gasteiger partial charge in [-0.3, -0.25) is 0 Å². The van der Waals surface area contributed by atoms with Crippen LogP contribution in [0.2, 0.25) is 0 Å². The largest absolute Gasteiger partial charge is 0.482 e. The zero-order valence-electron chi connectivity index (χ0n) is 19.5. The molecule has 4 nitrogen and oxygen atoms in total. The van der Waals surface area contributed by atoms with Crippen LogP contribution < -0.4 is 9.47 Å². The van der Waals surface area contributed by atoms with E-state index in [-0.39, 0.29) is 11.7 Å². The molecule has 2 aliphatic heterocycles. The molecule has 5 heteroatoms. The number of fused-ring (bicyclic) bond motifs is 2. The molecule has 0 aromatic heterocycles. The summed E-state index contributed by atoms with van der Waals surface area (Å²) in [5.74, 6) is 3.25. The van der Waals surface area contributed by atoms with Crippen molar-refractivity contribution in [1.82, 2.24) is 4.90 Å². The van der Waals surface area contributed by atoms with Crippen LogP contribution in [-0.2, 0) is 6.42 Å². The first kappa shape index (κ1) is 23.1. The Labute approximate surface area is 186 Å². The molecule has 0 saturated heterocycles. The van der Waals surface area contributed by atoms with Crippen molar-refractivity contribution in [3.63, 3.8) is 0 Å². The molecule has 1 amide bonds. The second kappa shape index (κ2) is 9.67. The Bertz CT molecular complexity index is 813. The van der Waals surface area contributed by atoms with Gasteiger partial charge in [-0.1, -0.05) is 39.5 Å². The fourth-order valence-corrected chi connectivity index (χ4v) is 5.56. The highest BCUT2D eigenvalue weighted by atomic mass is 32.2.